The zero-order chi connectivity index (χ0) is 12.1. The van der Waals surface area contributed by atoms with Crippen molar-refractivity contribution in [1.82, 2.24) is 0 Å². The monoisotopic (exact) mass is 239 g/mol. The lowest BCUT2D eigenvalue weighted by molar-refractivity contribution is 0.0526. The zero-order valence-electron chi connectivity index (χ0n) is 8.66. The molecular formula is C11H10ClNO3. The lowest BCUT2D eigenvalue weighted by atomic mass is 10.0. The molecule has 1 aromatic carbocycles. The first kappa shape index (κ1) is 12.5. The average Bonchev–Trinajstić information content (AvgIpc) is 2.27. The van der Waals surface area contributed by atoms with Gasteiger partial charge in [-0.2, -0.15) is 5.26 Å². The molecule has 0 unspecified atom stereocenters. The van der Waals surface area contributed by atoms with Gasteiger partial charge in [-0.1, -0.05) is 11.6 Å². The second-order valence-corrected chi connectivity index (χ2v) is 3.40. The van der Waals surface area contributed by atoms with E-state index < -0.39 is 5.97 Å². The fourth-order valence-electron chi connectivity index (χ4n) is 1.25. The first-order chi connectivity index (χ1) is 7.63. The van der Waals surface area contributed by atoms with Crippen LogP contribution in [0, 0.1) is 11.3 Å². The van der Waals surface area contributed by atoms with Gasteiger partial charge in [-0.3, -0.25) is 0 Å². The minimum atomic E-state index is -0.631. The van der Waals surface area contributed by atoms with Crippen molar-refractivity contribution in [3.63, 3.8) is 0 Å². The van der Waals surface area contributed by atoms with E-state index in [1.807, 2.05) is 6.07 Å². The molecular weight excluding hydrogens is 230 g/mol. The largest absolute Gasteiger partial charge is 0.462 e. The van der Waals surface area contributed by atoms with Gasteiger partial charge in [0.25, 0.3) is 0 Å². The van der Waals surface area contributed by atoms with E-state index in [9.17, 15) is 4.79 Å². The molecule has 5 heteroatoms. The topological polar surface area (TPSA) is 70.3 Å². The van der Waals surface area contributed by atoms with Crippen LogP contribution in [-0.2, 0) is 11.3 Å². The van der Waals surface area contributed by atoms with Gasteiger partial charge in [-0.05, 0) is 24.6 Å². The Bertz CT molecular complexity index is 451. The molecule has 0 saturated carbocycles. The highest BCUT2D eigenvalue weighted by molar-refractivity contribution is 6.34. The lowest BCUT2D eigenvalue weighted by Crippen LogP contribution is -2.08. The van der Waals surface area contributed by atoms with Gasteiger partial charge in [0.05, 0.1) is 29.4 Å². The Labute approximate surface area is 98.0 Å². The summed E-state index contributed by atoms with van der Waals surface area (Å²) in [6.45, 7) is 1.64. The highest BCUT2D eigenvalue weighted by Crippen LogP contribution is 2.23. The number of rotatable bonds is 3. The highest BCUT2D eigenvalue weighted by Gasteiger charge is 2.17. The van der Waals surface area contributed by atoms with E-state index in [-0.39, 0.29) is 29.4 Å². The standard InChI is InChI=1S/C11H10ClNO3/c1-2-16-11(15)10-8(5-13)3-7(6-14)4-9(10)12/h3-4,14H,2,6H2,1H3. The van der Waals surface area contributed by atoms with Crippen molar-refractivity contribution in [2.24, 2.45) is 0 Å². The molecule has 0 atom stereocenters. The number of nitrogens with zero attached hydrogens (tertiary/aromatic N) is 1. The van der Waals surface area contributed by atoms with Gasteiger partial charge in [0.15, 0.2) is 0 Å². The normalized spacial score (nSPS) is 9.62. The Kier molecular flexibility index (Phi) is 4.29. The molecule has 0 aliphatic carbocycles. The summed E-state index contributed by atoms with van der Waals surface area (Å²) in [5.41, 5.74) is 0.632. The lowest BCUT2D eigenvalue weighted by Gasteiger charge is -2.07. The molecule has 0 aliphatic rings. The number of aliphatic hydroxyl groups excluding tert-OH is 1. The van der Waals surface area contributed by atoms with Gasteiger partial charge in [0.2, 0.25) is 0 Å². The Morgan fingerprint density at radius 3 is 2.81 bits per heavy atom. The number of halogens is 1. The van der Waals surface area contributed by atoms with Gasteiger partial charge in [-0.25, -0.2) is 4.79 Å². The third kappa shape index (κ3) is 2.51. The van der Waals surface area contributed by atoms with Crippen molar-refractivity contribution in [1.29, 1.82) is 5.26 Å². The molecule has 0 bridgehead atoms. The zero-order valence-corrected chi connectivity index (χ0v) is 9.41. The van der Waals surface area contributed by atoms with Gasteiger partial charge >= 0.3 is 5.97 Å². The van der Waals surface area contributed by atoms with Gasteiger partial charge in [-0.15, -0.1) is 0 Å². The summed E-state index contributed by atoms with van der Waals surface area (Å²) in [6.07, 6.45) is 0. The maximum atomic E-state index is 11.5. The molecule has 1 N–H and O–H groups in total. The van der Waals surface area contributed by atoms with Crippen LogP contribution in [0.1, 0.15) is 28.4 Å². The number of benzene rings is 1. The molecule has 0 radical (unpaired) electrons. The Morgan fingerprint density at radius 1 is 1.62 bits per heavy atom. The number of esters is 1. The number of nitriles is 1. The van der Waals surface area contributed by atoms with Crippen molar-refractivity contribution >= 4 is 17.6 Å². The molecule has 1 aromatic rings. The Hall–Kier alpha value is -1.57. The quantitative estimate of drug-likeness (QED) is 0.818. The number of hydrogen-bond donors (Lipinski definition) is 1. The van der Waals surface area contributed by atoms with Crippen molar-refractivity contribution in [2.45, 2.75) is 13.5 Å². The van der Waals surface area contributed by atoms with Crippen LogP contribution in [0.15, 0.2) is 12.1 Å². The summed E-state index contributed by atoms with van der Waals surface area (Å²) in [5.74, 6) is -0.631. The van der Waals surface area contributed by atoms with E-state index in [4.69, 9.17) is 26.7 Å². The third-order valence-corrected chi connectivity index (χ3v) is 2.23. The third-order valence-electron chi connectivity index (χ3n) is 1.93. The van der Waals surface area contributed by atoms with Crippen LogP contribution < -0.4 is 0 Å². The summed E-state index contributed by atoms with van der Waals surface area (Å²) < 4.78 is 4.79. The fourth-order valence-corrected chi connectivity index (χ4v) is 1.57. The molecule has 0 amide bonds. The summed E-state index contributed by atoms with van der Waals surface area (Å²) in [4.78, 5) is 11.5. The summed E-state index contributed by atoms with van der Waals surface area (Å²) >= 11 is 5.86. The van der Waals surface area contributed by atoms with Gasteiger partial charge in [0.1, 0.15) is 6.07 Å². The van der Waals surface area contributed by atoms with E-state index in [0.717, 1.165) is 0 Å². The molecule has 4 nitrogen and oxygen atoms in total. The number of carbonyl (C=O) groups excluding carboxylic acids is 1. The van der Waals surface area contributed by atoms with Gasteiger partial charge < -0.3 is 9.84 Å². The van der Waals surface area contributed by atoms with Crippen LogP contribution >= 0.6 is 11.6 Å². The highest BCUT2D eigenvalue weighted by atomic mass is 35.5. The summed E-state index contributed by atoms with van der Waals surface area (Å²) in [6, 6.07) is 4.71. The number of aliphatic hydroxyl groups is 1. The smallest absolute Gasteiger partial charge is 0.340 e. The minimum absolute atomic E-state index is 0.0446. The van der Waals surface area contributed by atoms with E-state index in [0.29, 0.717) is 5.56 Å². The second kappa shape index (κ2) is 5.50. The van der Waals surface area contributed by atoms with E-state index in [1.165, 1.54) is 12.1 Å². The average molecular weight is 240 g/mol. The van der Waals surface area contributed by atoms with Crippen molar-refractivity contribution in [3.05, 3.63) is 33.8 Å². The summed E-state index contributed by atoms with van der Waals surface area (Å²) in [5, 5.41) is 17.9. The van der Waals surface area contributed by atoms with Crippen LogP contribution in [0.3, 0.4) is 0 Å². The SMILES string of the molecule is CCOC(=O)c1c(Cl)cc(CO)cc1C#N. The van der Waals surface area contributed by atoms with Crippen LogP contribution in [0.4, 0.5) is 0 Å². The van der Waals surface area contributed by atoms with Crippen LogP contribution in [0.25, 0.3) is 0 Å². The number of hydrogen-bond acceptors (Lipinski definition) is 4. The Morgan fingerprint density at radius 2 is 2.31 bits per heavy atom. The molecule has 0 saturated heterocycles. The van der Waals surface area contributed by atoms with Crippen molar-refractivity contribution in [3.8, 4) is 6.07 Å². The first-order valence-electron chi connectivity index (χ1n) is 4.64. The molecule has 0 aliphatic heterocycles. The van der Waals surface area contributed by atoms with Crippen LogP contribution in [0.2, 0.25) is 5.02 Å². The molecule has 1 rings (SSSR count). The van der Waals surface area contributed by atoms with Crippen LogP contribution in [0.5, 0.6) is 0 Å². The van der Waals surface area contributed by atoms with E-state index in [1.54, 1.807) is 6.92 Å². The maximum Gasteiger partial charge on any atom is 0.340 e. The summed E-state index contributed by atoms with van der Waals surface area (Å²) in [7, 11) is 0. The molecule has 0 heterocycles. The molecule has 0 fully saturated rings. The van der Waals surface area contributed by atoms with E-state index >= 15 is 0 Å². The fraction of sp³-hybridized carbons (Fsp3) is 0.273. The maximum absolute atomic E-state index is 11.5. The van der Waals surface area contributed by atoms with E-state index in [2.05, 4.69) is 0 Å². The minimum Gasteiger partial charge on any atom is -0.462 e. The molecule has 16 heavy (non-hydrogen) atoms. The van der Waals surface area contributed by atoms with Crippen LogP contribution in [-0.4, -0.2) is 17.7 Å². The van der Waals surface area contributed by atoms with Crippen molar-refractivity contribution in [2.75, 3.05) is 6.61 Å². The van der Waals surface area contributed by atoms with Crippen molar-refractivity contribution < 1.29 is 14.6 Å². The molecule has 84 valence electrons. The predicted octanol–water partition coefficient (Wildman–Crippen LogP) is 1.88. The number of ether oxygens (including phenoxy) is 1. The van der Waals surface area contributed by atoms with Gasteiger partial charge in [0, 0.05) is 0 Å². The molecule has 0 aromatic heterocycles. The predicted molar refractivity (Wildman–Crippen MR) is 58.0 cm³/mol. The number of carbonyl (C=O) groups is 1. The second-order valence-electron chi connectivity index (χ2n) is 2.99. The first-order valence-corrected chi connectivity index (χ1v) is 5.02. The Balaban J connectivity index is 3.28. The molecule has 0 spiro atoms.